The van der Waals surface area contributed by atoms with Gasteiger partial charge in [0.05, 0.1) is 0 Å². The van der Waals surface area contributed by atoms with Crippen molar-refractivity contribution < 1.29 is 0 Å². The number of rotatable bonds is 3. The first-order valence-electron chi connectivity index (χ1n) is 7.08. The zero-order valence-corrected chi connectivity index (χ0v) is 11.1. The molecule has 0 amide bonds. The highest BCUT2D eigenvalue weighted by Gasteiger charge is 2.39. The Kier molecular flexibility index (Phi) is 3.02. The summed E-state index contributed by atoms with van der Waals surface area (Å²) in [5.74, 6) is 2.52. The Morgan fingerprint density at radius 1 is 1.33 bits per heavy atom. The topological polar surface area (TPSA) is 48.0 Å². The van der Waals surface area contributed by atoms with Gasteiger partial charge in [0.25, 0.3) is 5.56 Å². The minimum absolute atomic E-state index is 0.125. The van der Waals surface area contributed by atoms with Crippen LogP contribution in [0, 0.1) is 24.7 Å². The van der Waals surface area contributed by atoms with E-state index in [2.05, 4.69) is 0 Å². The normalized spacial score (nSPS) is 30.0. The first-order chi connectivity index (χ1) is 8.69. The fourth-order valence-electron chi connectivity index (χ4n) is 3.93. The van der Waals surface area contributed by atoms with E-state index in [1.165, 1.54) is 25.7 Å². The fraction of sp³-hybridized carbons (Fsp3) is 0.667. The van der Waals surface area contributed by atoms with Gasteiger partial charge in [-0.15, -0.1) is 0 Å². The fourth-order valence-corrected chi connectivity index (χ4v) is 3.93. The highest BCUT2D eigenvalue weighted by Crippen LogP contribution is 2.48. The Morgan fingerprint density at radius 3 is 2.78 bits per heavy atom. The van der Waals surface area contributed by atoms with Gasteiger partial charge in [-0.1, -0.05) is 12.5 Å². The molecule has 0 aliphatic heterocycles. The average molecular weight is 246 g/mol. The lowest BCUT2D eigenvalue weighted by molar-refractivity contribution is 0.290. The third-order valence-electron chi connectivity index (χ3n) is 4.99. The van der Waals surface area contributed by atoms with Crippen LogP contribution >= 0.6 is 0 Å². The number of aromatic nitrogens is 1. The lowest BCUT2D eigenvalue weighted by Gasteiger charge is -2.23. The summed E-state index contributed by atoms with van der Waals surface area (Å²) in [7, 11) is 0. The molecule has 2 N–H and O–H groups in total. The van der Waals surface area contributed by atoms with Gasteiger partial charge in [-0.05, 0) is 50.0 Å². The first kappa shape index (κ1) is 12.0. The van der Waals surface area contributed by atoms with Gasteiger partial charge in [0.2, 0.25) is 0 Å². The van der Waals surface area contributed by atoms with Crippen molar-refractivity contribution in [2.75, 3.05) is 0 Å². The van der Waals surface area contributed by atoms with Gasteiger partial charge in [-0.3, -0.25) is 4.79 Å². The highest BCUT2D eigenvalue weighted by molar-refractivity contribution is 5.15. The minimum Gasteiger partial charge on any atom is -0.326 e. The molecule has 2 aliphatic rings. The average Bonchev–Trinajstić information content (AvgIpc) is 2.96. The zero-order valence-electron chi connectivity index (χ0n) is 11.1. The summed E-state index contributed by atoms with van der Waals surface area (Å²) in [6.45, 7) is 3.27. The second kappa shape index (κ2) is 4.54. The molecule has 2 aliphatic carbocycles. The van der Waals surface area contributed by atoms with Crippen LogP contribution in [0.15, 0.2) is 16.9 Å². The molecular weight excluding hydrogens is 224 g/mol. The van der Waals surface area contributed by atoms with Gasteiger partial charge in [0, 0.05) is 24.3 Å². The van der Waals surface area contributed by atoms with Crippen molar-refractivity contribution in [3.63, 3.8) is 0 Å². The van der Waals surface area contributed by atoms with Crippen molar-refractivity contribution in [2.24, 2.45) is 23.5 Å². The second-order valence-corrected chi connectivity index (χ2v) is 6.05. The predicted molar refractivity (Wildman–Crippen MR) is 72.3 cm³/mol. The molecular formula is C15H22N2O. The zero-order chi connectivity index (χ0) is 12.7. The van der Waals surface area contributed by atoms with Crippen LogP contribution in [0.1, 0.15) is 36.9 Å². The quantitative estimate of drug-likeness (QED) is 0.887. The van der Waals surface area contributed by atoms with E-state index in [-0.39, 0.29) is 5.56 Å². The van der Waals surface area contributed by atoms with Gasteiger partial charge in [-0.25, -0.2) is 0 Å². The molecule has 0 saturated heterocycles. The highest BCUT2D eigenvalue weighted by atomic mass is 16.1. The molecule has 18 heavy (non-hydrogen) atoms. The van der Waals surface area contributed by atoms with Crippen molar-refractivity contribution in [3.8, 4) is 0 Å². The third kappa shape index (κ3) is 1.91. The van der Waals surface area contributed by atoms with Crippen LogP contribution in [0.2, 0.25) is 0 Å². The number of hydrogen-bond acceptors (Lipinski definition) is 2. The van der Waals surface area contributed by atoms with Crippen LogP contribution in [0.3, 0.4) is 0 Å². The van der Waals surface area contributed by atoms with Gasteiger partial charge >= 0.3 is 0 Å². The van der Waals surface area contributed by atoms with Crippen molar-refractivity contribution in [3.05, 3.63) is 33.7 Å². The van der Waals surface area contributed by atoms with E-state index < -0.39 is 0 Å². The first-order valence-corrected chi connectivity index (χ1v) is 7.08. The molecule has 98 valence electrons. The number of hydrogen-bond donors (Lipinski definition) is 1. The van der Waals surface area contributed by atoms with E-state index >= 15 is 0 Å². The van der Waals surface area contributed by atoms with Crippen molar-refractivity contribution in [1.82, 2.24) is 4.57 Å². The molecule has 3 nitrogen and oxygen atoms in total. The minimum atomic E-state index is 0.125. The maximum Gasteiger partial charge on any atom is 0.255 e. The number of nitrogens with zero attached hydrogens (tertiary/aromatic N) is 1. The maximum atomic E-state index is 12.3. The molecule has 0 radical (unpaired) electrons. The Bertz CT molecular complexity index is 506. The largest absolute Gasteiger partial charge is 0.326 e. The molecule has 3 heteroatoms. The summed E-state index contributed by atoms with van der Waals surface area (Å²) in [6.07, 6.45) is 5.51. The van der Waals surface area contributed by atoms with Crippen LogP contribution < -0.4 is 11.3 Å². The second-order valence-electron chi connectivity index (χ2n) is 6.05. The molecule has 3 rings (SSSR count). The third-order valence-corrected chi connectivity index (χ3v) is 4.99. The van der Waals surface area contributed by atoms with Crippen LogP contribution in [-0.2, 0) is 13.1 Å². The molecule has 0 spiro atoms. The Hall–Kier alpha value is -1.09. The van der Waals surface area contributed by atoms with Crippen LogP contribution in [-0.4, -0.2) is 4.57 Å². The number of aryl methyl sites for hydroxylation is 1. The summed E-state index contributed by atoms with van der Waals surface area (Å²) in [5, 5.41) is 0. The summed E-state index contributed by atoms with van der Waals surface area (Å²) in [4.78, 5) is 12.3. The van der Waals surface area contributed by atoms with Gasteiger partial charge in [-0.2, -0.15) is 0 Å². The van der Waals surface area contributed by atoms with E-state index in [9.17, 15) is 4.79 Å². The van der Waals surface area contributed by atoms with E-state index in [1.54, 1.807) is 0 Å². The summed E-state index contributed by atoms with van der Waals surface area (Å²) < 4.78 is 1.95. The molecule has 2 fully saturated rings. The monoisotopic (exact) mass is 246 g/mol. The SMILES string of the molecule is Cc1ccc(CN)c(=O)n1CC1CC2CCC1C2. The standard InChI is InChI=1S/C15H22N2O/c1-10-2-4-13(8-16)15(18)17(10)9-14-7-11-3-5-12(14)6-11/h2,4,11-12,14H,3,5-9,16H2,1H3. The molecule has 1 aromatic rings. The van der Waals surface area contributed by atoms with Gasteiger partial charge in [0.15, 0.2) is 0 Å². The van der Waals surface area contributed by atoms with Crippen molar-refractivity contribution >= 4 is 0 Å². The molecule has 3 unspecified atom stereocenters. The van der Waals surface area contributed by atoms with E-state index in [0.717, 1.165) is 29.6 Å². The summed E-state index contributed by atoms with van der Waals surface area (Å²) in [5.41, 5.74) is 7.56. The van der Waals surface area contributed by atoms with Gasteiger partial charge in [0.1, 0.15) is 0 Å². The summed E-state index contributed by atoms with van der Waals surface area (Å²) >= 11 is 0. The molecule has 3 atom stereocenters. The smallest absolute Gasteiger partial charge is 0.255 e. The molecule has 0 aromatic carbocycles. The number of nitrogens with two attached hydrogens (primary N) is 1. The number of pyridine rings is 1. The number of fused-ring (bicyclic) bond motifs is 2. The Labute approximate surface area is 108 Å². The van der Waals surface area contributed by atoms with Crippen LogP contribution in [0.25, 0.3) is 0 Å². The molecule has 1 heterocycles. The molecule has 1 aromatic heterocycles. The van der Waals surface area contributed by atoms with Crippen LogP contribution in [0.4, 0.5) is 0 Å². The maximum absolute atomic E-state index is 12.3. The summed E-state index contributed by atoms with van der Waals surface area (Å²) in [6, 6.07) is 3.89. The van der Waals surface area contributed by atoms with Crippen molar-refractivity contribution in [1.29, 1.82) is 0 Å². The molecule has 2 bridgehead atoms. The Morgan fingerprint density at radius 2 is 2.17 bits per heavy atom. The molecule has 2 saturated carbocycles. The van der Waals surface area contributed by atoms with E-state index in [4.69, 9.17) is 5.73 Å². The van der Waals surface area contributed by atoms with Gasteiger partial charge < -0.3 is 10.3 Å². The van der Waals surface area contributed by atoms with E-state index in [1.807, 2.05) is 23.6 Å². The van der Waals surface area contributed by atoms with Crippen LogP contribution in [0.5, 0.6) is 0 Å². The van der Waals surface area contributed by atoms with E-state index in [0.29, 0.717) is 12.5 Å². The lowest BCUT2D eigenvalue weighted by Crippen LogP contribution is -2.30. The lowest BCUT2D eigenvalue weighted by atomic mass is 9.88. The Balaban J connectivity index is 1.86. The predicted octanol–water partition coefficient (Wildman–Crippen LogP) is 2.05. The van der Waals surface area contributed by atoms with Crippen molar-refractivity contribution in [2.45, 2.75) is 45.7 Å².